The molecular weight excluding hydrogens is 142 g/mol. The summed E-state index contributed by atoms with van der Waals surface area (Å²) in [5.74, 6) is 0.559. The maximum atomic E-state index is 8.98. The smallest absolute Gasteiger partial charge is 0.152 e. The van der Waals surface area contributed by atoms with Gasteiger partial charge in [-0.25, -0.2) is 10.0 Å². The van der Waals surface area contributed by atoms with Gasteiger partial charge in [0.25, 0.3) is 0 Å². The standard InChI is InChI=1S/C7H9N3O/c1-3-9-10-5-7(11)4-8-6(10)2/h3-5,11H,2H2,1H3/b9-3-. The number of rotatable bonds is 1. The van der Waals surface area contributed by atoms with Gasteiger partial charge in [0, 0.05) is 6.21 Å². The quantitative estimate of drug-likeness (QED) is 0.573. The van der Waals surface area contributed by atoms with Crippen LogP contribution in [0.4, 0.5) is 0 Å². The summed E-state index contributed by atoms with van der Waals surface area (Å²) in [7, 11) is 0. The zero-order valence-corrected chi connectivity index (χ0v) is 6.23. The van der Waals surface area contributed by atoms with Gasteiger partial charge in [0.1, 0.15) is 5.82 Å². The third-order valence-electron chi connectivity index (χ3n) is 1.10. The molecule has 0 fully saturated rings. The molecule has 58 valence electrons. The van der Waals surface area contributed by atoms with Crippen LogP contribution in [0.1, 0.15) is 6.92 Å². The molecule has 0 bridgehead atoms. The molecule has 1 aliphatic rings. The molecule has 0 aliphatic carbocycles. The molecule has 11 heavy (non-hydrogen) atoms. The highest BCUT2D eigenvalue weighted by Crippen LogP contribution is 2.10. The largest absolute Gasteiger partial charge is 0.505 e. The van der Waals surface area contributed by atoms with Crippen LogP contribution < -0.4 is 0 Å². The second-order valence-electron chi connectivity index (χ2n) is 1.95. The molecule has 0 saturated heterocycles. The maximum Gasteiger partial charge on any atom is 0.152 e. The van der Waals surface area contributed by atoms with Crippen LogP contribution in [0, 0.1) is 0 Å². The van der Waals surface area contributed by atoms with Gasteiger partial charge in [-0.15, -0.1) is 0 Å². The lowest BCUT2D eigenvalue weighted by Crippen LogP contribution is -2.12. The minimum Gasteiger partial charge on any atom is -0.505 e. The Kier molecular flexibility index (Phi) is 2.06. The monoisotopic (exact) mass is 151 g/mol. The Bertz CT molecular complexity index is 252. The van der Waals surface area contributed by atoms with Crippen molar-refractivity contribution in [3.05, 3.63) is 24.4 Å². The molecule has 0 amide bonds. The SMILES string of the molecule is C=C1N=CC(O)=CN1/N=C\C. The van der Waals surface area contributed by atoms with Crippen LogP contribution in [0.25, 0.3) is 0 Å². The van der Waals surface area contributed by atoms with Gasteiger partial charge in [-0.2, -0.15) is 5.10 Å². The molecule has 0 aromatic carbocycles. The van der Waals surface area contributed by atoms with Gasteiger partial charge in [0.2, 0.25) is 0 Å². The zero-order chi connectivity index (χ0) is 8.27. The van der Waals surface area contributed by atoms with E-state index in [-0.39, 0.29) is 5.76 Å². The van der Waals surface area contributed by atoms with Crippen molar-refractivity contribution in [1.29, 1.82) is 0 Å². The molecule has 0 radical (unpaired) electrons. The van der Waals surface area contributed by atoms with E-state index in [1.54, 1.807) is 13.1 Å². The summed E-state index contributed by atoms with van der Waals surface area (Å²) in [6, 6.07) is 0. The normalized spacial score (nSPS) is 17.7. The van der Waals surface area contributed by atoms with E-state index in [0.717, 1.165) is 0 Å². The van der Waals surface area contributed by atoms with Crippen LogP contribution in [0.15, 0.2) is 34.5 Å². The molecule has 0 atom stereocenters. The minimum absolute atomic E-state index is 0.0722. The molecule has 4 heteroatoms. The zero-order valence-electron chi connectivity index (χ0n) is 6.23. The Hall–Kier alpha value is -1.58. The van der Waals surface area contributed by atoms with Crippen LogP contribution in [0.3, 0.4) is 0 Å². The van der Waals surface area contributed by atoms with Crippen LogP contribution in [0.5, 0.6) is 0 Å². The van der Waals surface area contributed by atoms with Gasteiger partial charge in [-0.05, 0) is 6.92 Å². The molecule has 1 N–H and O–H groups in total. The fourth-order valence-corrected chi connectivity index (χ4v) is 0.657. The number of aliphatic hydroxyl groups is 1. The molecule has 4 nitrogen and oxygen atoms in total. The molecule has 0 aromatic heterocycles. The van der Waals surface area contributed by atoms with E-state index in [4.69, 9.17) is 5.11 Å². The molecule has 0 aromatic rings. The minimum atomic E-state index is 0.0722. The second-order valence-corrected chi connectivity index (χ2v) is 1.95. The molecule has 0 unspecified atom stereocenters. The highest BCUT2D eigenvalue weighted by molar-refractivity contribution is 5.77. The molecule has 1 rings (SSSR count). The third-order valence-corrected chi connectivity index (χ3v) is 1.10. The maximum absolute atomic E-state index is 8.98. The van der Waals surface area contributed by atoms with Gasteiger partial charge >= 0.3 is 0 Å². The number of aliphatic imine (C=N–C) groups is 1. The van der Waals surface area contributed by atoms with Crippen molar-refractivity contribution in [1.82, 2.24) is 5.01 Å². The molecule has 0 saturated carbocycles. The molecule has 1 heterocycles. The van der Waals surface area contributed by atoms with E-state index in [0.29, 0.717) is 5.82 Å². The van der Waals surface area contributed by atoms with Crippen LogP contribution in [-0.4, -0.2) is 22.5 Å². The average molecular weight is 151 g/mol. The number of aliphatic hydroxyl groups excluding tert-OH is 1. The van der Waals surface area contributed by atoms with Gasteiger partial charge in [0.15, 0.2) is 5.76 Å². The van der Waals surface area contributed by atoms with E-state index < -0.39 is 0 Å². The summed E-state index contributed by atoms with van der Waals surface area (Å²) in [5, 5.41) is 14.3. The Balaban J connectivity index is 2.81. The van der Waals surface area contributed by atoms with E-state index in [9.17, 15) is 0 Å². The first-order chi connectivity index (χ1) is 5.24. The van der Waals surface area contributed by atoms with Crippen molar-refractivity contribution >= 4 is 12.4 Å². The predicted octanol–water partition coefficient (Wildman–Crippen LogP) is 1.25. The van der Waals surface area contributed by atoms with E-state index in [2.05, 4.69) is 16.7 Å². The lowest BCUT2D eigenvalue weighted by molar-refractivity contribution is 0.400. The summed E-state index contributed by atoms with van der Waals surface area (Å²) in [6.45, 7) is 5.38. The van der Waals surface area contributed by atoms with Crippen LogP contribution in [0.2, 0.25) is 0 Å². The van der Waals surface area contributed by atoms with Crippen LogP contribution in [-0.2, 0) is 0 Å². The topological polar surface area (TPSA) is 48.2 Å². The van der Waals surface area contributed by atoms with Crippen molar-refractivity contribution in [2.75, 3.05) is 0 Å². The van der Waals surface area contributed by atoms with Gasteiger partial charge in [-0.1, -0.05) is 6.58 Å². The highest BCUT2D eigenvalue weighted by Gasteiger charge is 2.06. The van der Waals surface area contributed by atoms with Gasteiger partial charge < -0.3 is 5.11 Å². The summed E-state index contributed by atoms with van der Waals surface area (Å²) in [4.78, 5) is 3.79. The molecular formula is C7H9N3O. The van der Waals surface area contributed by atoms with Gasteiger partial charge in [-0.3, -0.25) is 0 Å². The third kappa shape index (κ3) is 1.67. The second kappa shape index (κ2) is 3.01. The van der Waals surface area contributed by atoms with Crippen molar-refractivity contribution in [2.45, 2.75) is 6.92 Å². The van der Waals surface area contributed by atoms with E-state index in [1.165, 1.54) is 17.4 Å². The molecule has 1 aliphatic heterocycles. The number of allylic oxidation sites excluding steroid dienone is 1. The summed E-state index contributed by atoms with van der Waals surface area (Å²) >= 11 is 0. The molecule has 0 spiro atoms. The number of nitrogens with zero attached hydrogens (tertiary/aromatic N) is 3. The first-order valence-electron chi connectivity index (χ1n) is 3.15. The summed E-state index contributed by atoms with van der Waals surface area (Å²) < 4.78 is 0. The summed E-state index contributed by atoms with van der Waals surface area (Å²) in [6.07, 6.45) is 4.36. The van der Waals surface area contributed by atoms with Crippen molar-refractivity contribution in [3.8, 4) is 0 Å². The Morgan fingerprint density at radius 2 is 2.55 bits per heavy atom. The Labute approximate surface area is 64.9 Å². The summed E-state index contributed by atoms with van der Waals surface area (Å²) in [5.41, 5.74) is 0. The Morgan fingerprint density at radius 1 is 1.82 bits per heavy atom. The van der Waals surface area contributed by atoms with Crippen molar-refractivity contribution < 1.29 is 5.11 Å². The first-order valence-corrected chi connectivity index (χ1v) is 3.15. The predicted molar refractivity (Wildman–Crippen MR) is 44.3 cm³/mol. The van der Waals surface area contributed by atoms with E-state index in [1.807, 2.05) is 0 Å². The fourth-order valence-electron chi connectivity index (χ4n) is 0.657. The first kappa shape index (κ1) is 7.53. The Morgan fingerprint density at radius 3 is 3.18 bits per heavy atom. The lowest BCUT2D eigenvalue weighted by Gasteiger charge is -2.15. The van der Waals surface area contributed by atoms with Crippen molar-refractivity contribution in [2.24, 2.45) is 10.1 Å². The number of hydrogen-bond acceptors (Lipinski definition) is 4. The fraction of sp³-hybridized carbons (Fsp3) is 0.143. The van der Waals surface area contributed by atoms with Crippen molar-refractivity contribution in [3.63, 3.8) is 0 Å². The highest BCUT2D eigenvalue weighted by atomic mass is 16.3. The average Bonchev–Trinajstić information content (AvgIpc) is 1.98. The van der Waals surface area contributed by atoms with Gasteiger partial charge in [0.05, 0.1) is 12.4 Å². The lowest BCUT2D eigenvalue weighted by atomic mass is 10.5. The number of hydrogen-bond donors (Lipinski definition) is 1. The van der Waals surface area contributed by atoms with Crippen LogP contribution >= 0.6 is 0 Å². The van der Waals surface area contributed by atoms with E-state index >= 15 is 0 Å². The number of hydrazone groups is 1.